The van der Waals surface area contributed by atoms with E-state index >= 15 is 0 Å². The Hall–Kier alpha value is -0.760. The molecule has 0 amide bonds. The summed E-state index contributed by atoms with van der Waals surface area (Å²) in [6.07, 6.45) is 12.1. The minimum absolute atomic E-state index is 0.740. The summed E-state index contributed by atoms with van der Waals surface area (Å²) >= 11 is 0. The normalized spacial score (nSPS) is 11.4. The van der Waals surface area contributed by atoms with E-state index in [9.17, 15) is 0 Å². The zero-order valence-electron chi connectivity index (χ0n) is 15.0. The fourth-order valence-corrected chi connectivity index (χ4v) is 2.24. The first-order valence-corrected chi connectivity index (χ1v) is 8.61. The highest BCUT2D eigenvalue weighted by molar-refractivity contribution is 5.15. The van der Waals surface area contributed by atoms with E-state index < -0.39 is 0 Å². The Morgan fingerprint density at radius 2 is 1.19 bits per heavy atom. The van der Waals surface area contributed by atoms with E-state index in [1.807, 2.05) is 6.92 Å². The average molecular weight is 297 g/mol. The molecule has 0 saturated carbocycles. The van der Waals surface area contributed by atoms with Crippen LogP contribution in [0.5, 0.6) is 0 Å². The second kappa shape index (κ2) is 11.9. The van der Waals surface area contributed by atoms with Crippen molar-refractivity contribution < 1.29 is 9.22 Å². The molecule has 0 radical (unpaired) electrons. The lowest BCUT2D eigenvalue weighted by Gasteiger charge is -2.23. The van der Waals surface area contributed by atoms with Gasteiger partial charge in [0.05, 0.1) is 34.3 Å². The first-order chi connectivity index (χ1) is 9.83. The number of nitrogens with zero attached hydrogens (tertiary/aromatic N) is 1. The molecule has 0 aliphatic heterocycles. The molecule has 2 heteroatoms. The minimum Gasteiger partial charge on any atom is -0.494 e. The highest BCUT2D eigenvalue weighted by Gasteiger charge is 2.04. The van der Waals surface area contributed by atoms with E-state index in [4.69, 9.17) is 4.74 Å². The molecule has 124 valence electrons. The molecule has 0 spiro atoms. The van der Waals surface area contributed by atoms with Crippen molar-refractivity contribution in [2.24, 2.45) is 0 Å². The third-order valence-electron chi connectivity index (χ3n) is 3.73. The Morgan fingerprint density at radius 1 is 0.762 bits per heavy atom. The number of ether oxygens (including phenoxy) is 1. The van der Waals surface area contributed by atoms with Crippen molar-refractivity contribution >= 4 is 0 Å². The molecule has 0 N–H and O–H groups in total. The van der Waals surface area contributed by atoms with E-state index in [2.05, 4.69) is 34.3 Å². The molecule has 0 atom stereocenters. The van der Waals surface area contributed by atoms with Crippen LogP contribution in [0, 0.1) is 0 Å². The molecule has 0 unspecified atom stereocenters. The summed E-state index contributed by atoms with van der Waals surface area (Å²) in [4.78, 5) is 0. The fraction of sp³-hybridized carbons (Fsp3) is 0.789. The highest BCUT2D eigenvalue weighted by atomic mass is 16.5. The third-order valence-corrected chi connectivity index (χ3v) is 3.73. The predicted molar refractivity (Wildman–Crippen MR) is 94.4 cm³/mol. The summed E-state index contributed by atoms with van der Waals surface area (Å²) in [5.41, 5.74) is 0.931. The van der Waals surface area contributed by atoms with Crippen molar-refractivity contribution in [2.45, 2.75) is 64.7 Å². The standard InChI is InChI=1S/C19H38NO/c1-18(2)19(3)21-17-15-13-11-9-7-8-10-12-14-16-20(4,5)6/h1,3,7-17H2,2,4-6H3/q+1. The van der Waals surface area contributed by atoms with E-state index in [0.717, 1.165) is 28.8 Å². The van der Waals surface area contributed by atoms with Crippen molar-refractivity contribution in [3.05, 3.63) is 24.5 Å². The van der Waals surface area contributed by atoms with Crippen LogP contribution in [0.2, 0.25) is 0 Å². The predicted octanol–water partition coefficient (Wildman–Crippen LogP) is 5.31. The van der Waals surface area contributed by atoms with Gasteiger partial charge in [-0.15, -0.1) is 0 Å². The summed E-state index contributed by atoms with van der Waals surface area (Å²) in [5.74, 6) is 0.740. The van der Waals surface area contributed by atoms with Gasteiger partial charge in [-0.05, 0) is 31.8 Å². The van der Waals surface area contributed by atoms with Crippen molar-refractivity contribution in [2.75, 3.05) is 34.3 Å². The van der Waals surface area contributed by atoms with Crippen molar-refractivity contribution in [1.29, 1.82) is 0 Å². The highest BCUT2D eigenvalue weighted by Crippen LogP contribution is 2.11. The van der Waals surface area contributed by atoms with Crippen molar-refractivity contribution in [1.82, 2.24) is 0 Å². The molecule has 0 saturated heterocycles. The molecule has 21 heavy (non-hydrogen) atoms. The molecule has 0 heterocycles. The van der Waals surface area contributed by atoms with Crippen LogP contribution in [-0.4, -0.2) is 38.8 Å². The number of hydrogen-bond acceptors (Lipinski definition) is 1. The van der Waals surface area contributed by atoms with Crippen LogP contribution in [-0.2, 0) is 4.74 Å². The van der Waals surface area contributed by atoms with Crippen LogP contribution in [0.25, 0.3) is 0 Å². The van der Waals surface area contributed by atoms with Gasteiger partial charge in [0.1, 0.15) is 5.76 Å². The van der Waals surface area contributed by atoms with Gasteiger partial charge < -0.3 is 9.22 Å². The van der Waals surface area contributed by atoms with Gasteiger partial charge in [-0.3, -0.25) is 0 Å². The topological polar surface area (TPSA) is 9.23 Å². The fourth-order valence-electron chi connectivity index (χ4n) is 2.24. The molecule has 2 nitrogen and oxygen atoms in total. The molecule has 0 fully saturated rings. The van der Waals surface area contributed by atoms with Gasteiger partial charge in [0, 0.05) is 0 Å². The van der Waals surface area contributed by atoms with Gasteiger partial charge in [0.25, 0.3) is 0 Å². The smallest absolute Gasteiger partial charge is 0.114 e. The number of hydrogen-bond donors (Lipinski definition) is 0. The summed E-state index contributed by atoms with van der Waals surface area (Å²) < 4.78 is 6.60. The Kier molecular flexibility index (Phi) is 11.4. The lowest BCUT2D eigenvalue weighted by atomic mass is 10.1. The zero-order chi connectivity index (χ0) is 16.1. The number of quaternary nitrogens is 1. The van der Waals surface area contributed by atoms with Crippen molar-refractivity contribution in [3.8, 4) is 0 Å². The van der Waals surface area contributed by atoms with E-state index in [1.165, 1.54) is 57.9 Å². The Bertz CT molecular complexity index is 288. The maximum Gasteiger partial charge on any atom is 0.114 e. The Balaban J connectivity index is 3.16. The molecule has 0 rings (SSSR count). The van der Waals surface area contributed by atoms with Gasteiger partial charge in [-0.25, -0.2) is 0 Å². The van der Waals surface area contributed by atoms with E-state index in [0.29, 0.717) is 0 Å². The monoisotopic (exact) mass is 296 g/mol. The summed E-state index contributed by atoms with van der Waals surface area (Å²) in [6, 6.07) is 0. The molecular formula is C19H38NO+. The summed E-state index contributed by atoms with van der Waals surface area (Å²) in [5, 5.41) is 0. The maximum absolute atomic E-state index is 5.51. The van der Waals surface area contributed by atoms with E-state index in [1.54, 1.807) is 0 Å². The lowest BCUT2D eigenvalue weighted by Crippen LogP contribution is -2.35. The maximum atomic E-state index is 5.51. The Labute approximate surface area is 133 Å². The van der Waals surface area contributed by atoms with Crippen molar-refractivity contribution in [3.63, 3.8) is 0 Å². The largest absolute Gasteiger partial charge is 0.494 e. The zero-order valence-corrected chi connectivity index (χ0v) is 15.0. The molecule has 0 aromatic carbocycles. The van der Waals surface area contributed by atoms with Gasteiger partial charge >= 0.3 is 0 Å². The Morgan fingerprint density at radius 3 is 1.62 bits per heavy atom. The number of unbranched alkanes of at least 4 members (excludes halogenated alkanes) is 8. The van der Waals surface area contributed by atoms with Crippen LogP contribution >= 0.6 is 0 Å². The van der Waals surface area contributed by atoms with Crippen LogP contribution in [0.4, 0.5) is 0 Å². The third kappa shape index (κ3) is 15.4. The van der Waals surface area contributed by atoms with Crippen LogP contribution < -0.4 is 0 Å². The minimum atomic E-state index is 0.740. The van der Waals surface area contributed by atoms with Crippen LogP contribution in [0.15, 0.2) is 24.5 Å². The molecule has 0 aliphatic carbocycles. The second-order valence-electron chi connectivity index (χ2n) is 7.25. The number of allylic oxidation sites excluding steroid dienone is 1. The summed E-state index contributed by atoms with van der Waals surface area (Å²) in [6.45, 7) is 11.7. The van der Waals surface area contributed by atoms with Crippen LogP contribution in [0.1, 0.15) is 64.7 Å². The van der Waals surface area contributed by atoms with E-state index in [-0.39, 0.29) is 0 Å². The second-order valence-corrected chi connectivity index (χ2v) is 7.25. The lowest BCUT2D eigenvalue weighted by molar-refractivity contribution is -0.870. The first kappa shape index (κ1) is 20.2. The van der Waals surface area contributed by atoms with Gasteiger partial charge in [0.15, 0.2) is 0 Å². The molecular weight excluding hydrogens is 258 g/mol. The SMILES string of the molecule is C=C(C)C(=C)OCCCCCCCCCCC[N+](C)(C)C. The molecule has 0 bridgehead atoms. The quantitative estimate of drug-likeness (QED) is 0.183. The average Bonchev–Trinajstić information content (AvgIpc) is 2.38. The number of rotatable bonds is 14. The van der Waals surface area contributed by atoms with Crippen LogP contribution in [0.3, 0.4) is 0 Å². The molecule has 0 aromatic rings. The molecule has 0 aromatic heterocycles. The molecule has 0 aliphatic rings. The summed E-state index contributed by atoms with van der Waals surface area (Å²) in [7, 11) is 6.82. The van der Waals surface area contributed by atoms with Gasteiger partial charge in [0.2, 0.25) is 0 Å². The van der Waals surface area contributed by atoms with Gasteiger partial charge in [-0.2, -0.15) is 0 Å². The van der Waals surface area contributed by atoms with Gasteiger partial charge in [-0.1, -0.05) is 51.7 Å². The first-order valence-electron chi connectivity index (χ1n) is 8.61.